The Morgan fingerprint density at radius 2 is 2.16 bits per heavy atom. The Morgan fingerprint density at radius 1 is 1.37 bits per heavy atom. The first-order valence-electron chi connectivity index (χ1n) is 6.49. The molecular weight excluding hydrogens is 262 g/mol. The first-order valence-corrected chi connectivity index (χ1v) is 7.37. The molecule has 104 valence electrons. The lowest BCUT2D eigenvalue weighted by atomic mass is 10.1. The minimum absolute atomic E-state index is 0.0142. The monoisotopic (exact) mass is 281 g/mol. The Kier molecular flexibility index (Phi) is 4.79. The Bertz CT molecular complexity index is 458. The topological polar surface area (TPSA) is 61.4 Å². The molecule has 1 aromatic rings. The Balaban J connectivity index is 1.68. The van der Waals surface area contributed by atoms with Crippen molar-refractivity contribution in [1.29, 1.82) is 0 Å². The van der Waals surface area contributed by atoms with Gasteiger partial charge in [0, 0.05) is 38.0 Å². The number of carbonyl (C=O) groups excluding carboxylic acids is 2. The maximum absolute atomic E-state index is 12.0. The van der Waals surface area contributed by atoms with Gasteiger partial charge in [0.2, 0.25) is 5.91 Å². The molecule has 0 fully saturated rings. The van der Waals surface area contributed by atoms with E-state index in [1.54, 1.807) is 11.3 Å². The molecule has 0 aromatic carbocycles. The van der Waals surface area contributed by atoms with Crippen LogP contribution < -0.4 is 10.6 Å². The maximum atomic E-state index is 12.0. The third-order valence-electron chi connectivity index (χ3n) is 3.10. The van der Waals surface area contributed by atoms with E-state index in [0.717, 1.165) is 19.4 Å². The second-order valence-electron chi connectivity index (χ2n) is 4.61. The number of hydrogen-bond donors (Lipinski definition) is 2. The minimum Gasteiger partial charge on any atom is -0.356 e. The lowest BCUT2D eigenvalue weighted by Crippen LogP contribution is -2.43. The van der Waals surface area contributed by atoms with Crippen LogP contribution in [-0.4, -0.2) is 36.5 Å². The van der Waals surface area contributed by atoms with Gasteiger partial charge in [0.05, 0.1) is 0 Å². The van der Waals surface area contributed by atoms with Crippen molar-refractivity contribution in [3.63, 3.8) is 0 Å². The van der Waals surface area contributed by atoms with Crippen molar-refractivity contribution < 1.29 is 9.59 Å². The molecule has 0 atom stereocenters. The third kappa shape index (κ3) is 3.96. The first-order chi connectivity index (χ1) is 9.16. The van der Waals surface area contributed by atoms with Gasteiger partial charge in [0.1, 0.15) is 0 Å². The summed E-state index contributed by atoms with van der Waals surface area (Å²) < 4.78 is 0. The molecule has 3 amide bonds. The molecule has 1 aliphatic heterocycles. The molecule has 2 heterocycles. The fourth-order valence-corrected chi connectivity index (χ4v) is 2.97. The van der Waals surface area contributed by atoms with Crippen LogP contribution in [0.25, 0.3) is 0 Å². The van der Waals surface area contributed by atoms with E-state index in [1.807, 2.05) is 4.90 Å². The molecule has 5 nitrogen and oxygen atoms in total. The predicted octanol–water partition coefficient (Wildman–Crippen LogP) is 1.34. The number of amides is 3. The van der Waals surface area contributed by atoms with Gasteiger partial charge in [-0.3, -0.25) is 4.79 Å². The number of thiophene rings is 1. The zero-order valence-corrected chi connectivity index (χ0v) is 11.9. The molecule has 0 spiro atoms. The zero-order chi connectivity index (χ0) is 13.7. The number of urea groups is 1. The van der Waals surface area contributed by atoms with Crippen molar-refractivity contribution in [2.24, 2.45) is 0 Å². The van der Waals surface area contributed by atoms with Crippen LogP contribution in [0.2, 0.25) is 0 Å². The summed E-state index contributed by atoms with van der Waals surface area (Å²) in [6.45, 7) is 4.17. The maximum Gasteiger partial charge on any atom is 0.317 e. The molecule has 2 N–H and O–H groups in total. The van der Waals surface area contributed by atoms with Gasteiger partial charge in [-0.1, -0.05) is 0 Å². The van der Waals surface area contributed by atoms with Crippen LogP contribution in [0, 0.1) is 0 Å². The van der Waals surface area contributed by atoms with Gasteiger partial charge < -0.3 is 15.5 Å². The smallest absolute Gasteiger partial charge is 0.317 e. The van der Waals surface area contributed by atoms with Crippen LogP contribution in [0.15, 0.2) is 11.4 Å². The second kappa shape index (κ2) is 6.56. The molecule has 6 heteroatoms. The average molecular weight is 281 g/mol. The summed E-state index contributed by atoms with van der Waals surface area (Å²) in [5.74, 6) is -0.0349. The van der Waals surface area contributed by atoms with Crippen LogP contribution in [0.3, 0.4) is 0 Å². The summed E-state index contributed by atoms with van der Waals surface area (Å²) in [6.07, 6.45) is 1.70. The molecule has 0 radical (unpaired) electrons. The highest BCUT2D eigenvalue weighted by Gasteiger charge is 2.20. The minimum atomic E-state index is -0.0349. The number of hydrogen-bond acceptors (Lipinski definition) is 3. The highest BCUT2D eigenvalue weighted by atomic mass is 32.1. The summed E-state index contributed by atoms with van der Waals surface area (Å²) in [4.78, 5) is 25.9. The van der Waals surface area contributed by atoms with Crippen molar-refractivity contribution >= 4 is 23.3 Å². The zero-order valence-electron chi connectivity index (χ0n) is 11.1. The second-order valence-corrected chi connectivity index (χ2v) is 5.61. The van der Waals surface area contributed by atoms with Gasteiger partial charge in [-0.05, 0) is 29.9 Å². The van der Waals surface area contributed by atoms with Gasteiger partial charge in [-0.25, -0.2) is 4.79 Å². The normalized spacial score (nSPS) is 13.8. The predicted molar refractivity (Wildman–Crippen MR) is 75.1 cm³/mol. The van der Waals surface area contributed by atoms with Crippen molar-refractivity contribution in [2.45, 2.75) is 26.3 Å². The fraction of sp³-hybridized carbons (Fsp3) is 0.538. The van der Waals surface area contributed by atoms with Crippen LogP contribution in [0.5, 0.6) is 0 Å². The lowest BCUT2D eigenvalue weighted by Gasteiger charge is -2.27. The van der Waals surface area contributed by atoms with Crippen molar-refractivity contribution in [2.75, 3.05) is 19.6 Å². The van der Waals surface area contributed by atoms with Gasteiger partial charge >= 0.3 is 6.03 Å². The molecular formula is C13H19N3O2S. The van der Waals surface area contributed by atoms with Gasteiger partial charge in [-0.15, -0.1) is 11.3 Å². The molecule has 0 unspecified atom stereocenters. The van der Waals surface area contributed by atoms with E-state index in [4.69, 9.17) is 0 Å². The highest BCUT2D eigenvalue weighted by Crippen LogP contribution is 2.23. The Hall–Kier alpha value is -1.56. The molecule has 0 saturated carbocycles. The van der Waals surface area contributed by atoms with E-state index in [2.05, 4.69) is 22.1 Å². The average Bonchev–Trinajstić information content (AvgIpc) is 2.84. The summed E-state index contributed by atoms with van der Waals surface area (Å²) in [5, 5.41) is 7.68. The fourth-order valence-electron chi connectivity index (χ4n) is 2.08. The standard InChI is InChI=1S/C13H19N3O2S/c1-10(17)14-5-2-6-15-13(18)16-7-3-12-11(9-16)4-8-19-12/h4,8H,2-3,5-7,9H2,1H3,(H,14,17)(H,15,18). The van der Waals surface area contributed by atoms with Gasteiger partial charge in [0.25, 0.3) is 0 Å². The number of fused-ring (bicyclic) bond motifs is 1. The van der Waals surface area contributed by atoms with Crippen LogP contribution >= 0.6 is 11.3 Å². The summed E-state index contributed by atoms with van der Waals surface area (Å²) in [7, 11) is 0. The third-order valence-corrected chi connectivity index (χ3v) is 4.12. The SMILES string of the molecule is CC(=O)NCCCNC(=O)N1CCc2sccc2C1. The van der Waals surface area contributed by atoms with Crippen LogP contribution in [0.1, 0.15) is 23.8 Å². The molecule has 1 aromatic heterocycles. The largest absolute Gasteiger partial charge is 0.356 e. The molecule has 0 aliphatic carbocycles. The van der Waals surface area contributed by atoms with E-state index >= 15 is 0 Å². The van der Waals surface area contributed by atoms with Crippen molar-refractivity contribution in [1.82, 2.24) is 15.5 Å². The number of rotatable bonds is 4. The summed E-state index contributed by atoms with van der Waals surface area (Å²) in [6, 6.07) is 2.08. The first kappa shape index (κ1) is 13.9. The van der Waals surface area contributed by atoms with Gasteiger partial charge in [-0.2, -0.15) is 0 Å². The molecule has 2 rings (SSSR count). The summed E-state index contributed by atoms with van der Waals surface area (Å²) >= 11 is 1.77. The van der Waals surface area contributed by atoms with Crippen LogP contribution in [-0.2, 0) is 17.8 Å². The lowest BCUT2D eigenvalue weighted by molar-refractivity contribution is -0.118. The molecule has 19 heavy (non-hydrogen) atoms. The quantitative estimate of drug-likeness (QED) is 0.818. The van der Waals surface area contributed by atoms with E-state index < -0.39 is 0 Å². The highest BCUT2D eigenvalue weighted by molar-refractivity contribution is 7.10. The van der Waals surface area contributed by atoms with E-state index in [1.165, 1.54) is 17.4 Å². The van der Waals surface area contributed by atoms with Crippen molar-refractivity contribution in [3.8, 4) is 0 Å². The number of carbonyl (C=O) groups is 2. The Labute approximate surface area is 117 Å². The van der Waals surface area contributed by atoms with Gasteiger partial charge in [0.15, 0.2) is 0 Å². The number of nitrogens with one attached hydrogen (secondary N) is 2. The summed E-state index contributed by atoms with van der Waals surface area (Å²) in [5.41, 5.74) is 1.27. The Morgan fingerprint density at radius 3 is 2.95 bits per heavy atom. The van der Waals surface area contributed by atoms with Crippen LogP contribution in [0.4, 0.5) is 4.79 Å². The molecule has 0 saturated heterocycles. The number of nitrogens with zero attached hydrogens (tertiary/aromatic N) is 1. The molecule has 1 aliphatic rings. The van der Waals surface area contributed by atoms with E-state index in [-0.39, 0.29) is 11.9 Å². The molecule has 0 bridgehead atoms. The van der Waals surface area contributed by atoms with E-state index in [0.29, 0.717) is 19.6 Å². The van der Waals surface area contributed by atoms with Crippen molar-refractivity contribution in [3.05, 3.63) is 21.9 Å². The van der Waals surface area contributed by atoms with E-state index in [9.17, 15) is 9.59 Å².